The first-order chi connectivity index (χ1) is 17.2. The van der Waals surface area contributed by atoms with Crippen molar-refractivity contribution in [3.8, 4) is 11.5 Å². The molecular formula is C29H33N3O3. The minimum absolute atomic E-state index is 0.0934. The van der Waals surface area contributed by atoms with Crippen LogP contribution >= 0.6 is 0 Å². The summed E-state index contributed by atoms with van der Waals surface area (Å²) in [5, 5.41) is 3.05. The molecule has 0 fully saturated rings. The number of nitrogens with zero attached hydrogens (tertiary/aromatic N) is 2. The molecule has 1 heterocycles. The summed E-state index contributed by atoms with van der Waals surface area (Å²) in [5.41, 5.74) is 3.32. The fraction of sp³-hybridized carbons (Fsp3) is 0.310. The second kappa shape index (κ2) is 12.6. The fourth-order valence-electron chi connectivity index (χ4n) is 4.17. The average Bonchev–Trinajstić information content (AvgIpc) is 3.26. The molecule has 0 aliphatic carbocycles. The van der Waals surface area contributed by atoms with Gasteiger partial charge in [-0.2, -0.15) is 0 Å². The first kappa shape index (κ1) is 24.3. The molecule has 1 aromatic heterocycles. The Bertz CT molecular complexity index is 1220. The van der Waals surface area contributed by atoms with Crippen molar-refractivity contribution in [3.63, 3.8) is 0 Å². The Hall–Kier alpha value is -3.80. The molecule has 3 aromatic carbocycles. The van der Waals surface area contributed by atoms with Gasteiger partial charge in [0.25, 0.3) is 0 Å². The number of hydrogen-bond donors (Lipinski definition) is 1. The van der Waals surface area contributed by atoms with E-state index in [4.69, 9.17) is 14.5 Å². The van der Waals surface area contributed by atoms with Crippen molar-refractivity contribution >= 4 is 16.9 Å². The molecule has 0 aliphatic rings. The Morgan fingerprint density at radius 1 is 0.886 bits per heavy atom. The zero-order chi connectivity index (χ0) is 24.3. The van der Waals surface area contributed by atoms with E-state index >= 15 is 0 Å². The van der Waals surface area contributed by atoms with Crippen LogP contribution in [0.1, 0.15) is 30.7 Å². The van der Waals surface area contributed by atoms with Crippen LogP contribution in [0.5, 0.6) is 11.5 Å². The summed E-state index contributed by atoms with van der Waals surface area (Å²) in [6.07, 6.45) is 3.77. The lowest BCUT2D eigenvalue weighted by atomic mass is 10.1. The van der Waals surface area contributed by atoms with Gasteiger partial charge in [-0.3, -0.25) is 4.79 Å². The lowest BCUT2D eigenvalue weighted by Gasteiger charge is -2.12. The number of para-hydroxylation sites is 4. The van der Waals surface area contributed by atoms with E-state index in [1.807, 2.05) is 60.7 Å². The number of rotatable bonds is 13. The number of carbonyl (C=O) groups is 1. The number of amides is 1. The maximum absolute atomic E-state index is 12.2. The molecule has 0 spiro atoms. The van der Waals surface area contributed by atoms with E-state index in [0.29, 0.717) is 19.6 Å². The van der Waals surface area contributed by atoms with Gasteiger partial charge < -0.3 is 19.4 Å². The van der Waals surface area contributed by atoms with Crippen LogP contribution < -0.4 is 14.8 Å². The van der Waals surface area contributed by atoms with Crippen molar-refractivity contribution in [2.45, 2.75) is 38.6 Å². The summed E-state index contributed by atoms with van der Waals surface area (Å²) in [7, 11) is 1.65. The summed E-state index contributed by atoms with van der Waals surface area (Å²) >= 11 is 0. The number of imidazole rings is 1. The Labute approximate surface area is 206 Å². The number of methoxy groups -OCH3 is 1. The predicted molar refractivity (Wildman–Crippen MR) is 139 cm³/mol. The molecule has 0 bridgehead atoms. The molecule has 0 saturated carbocycles. The molecule has 4 rings (SSSR count). The molecule has 1 N–H and O–H groups in total. The molecule has 6 nitrogen and oxygen atoms in total. The predicted octanol–water partition coefficient (Wildman–Crippen LogP) is 5.20. The van der Waals surface area contributed by atoms with Crippen LogP contribution in [-0.2, 0) is 24.2 Å². The average molecular weight is 472 g/mol. The number of benzene rings is 3. The second-order valence-electron chi connectivity index (χ2n) is 8.46. The second-order valence-corrected chi connectivity index (χ2v) is 8.46. The maximum Gasteiger partial charge on any atom is 0.220 e. The van der Waals surface area contributed by atoms with Crippen LogP contribution in [0.25, 0.3) is 11.0 Å². The van der Waals surface area contributed by atoms with Crippen LogP contribution in [0.3, 0.4) is 0 Å². The summed E-state index contributed by atoms with van der Waals surface area (Å²) < 4.78 is 13.6. The lowest BCUT2D eigenvalue weighted by molar-refractivity contribution is -0.121. The van der Waals surface area contributed by atoms with Gasteiger partial charge in [0.05, 0.1) is 24.8 Å². The zero-order valence-electron chi connectivity index (χ0n) is 20.3. The van der Waals surface area contributed by atoms with Gasteiger partial charge in [-0.1, -0.05) is 54.6 Å². The standard InChI is InChI=1S/C29H33N3O3/c1-34-26-15-7-8-16-27(26)35-22-10-21-32-25-14-6-5-13-24(25)31-28(32)17-9-20-30-29(33)19-18-23-11-3-2-4-12-23/h2-8,11-16H,9-10,17-22H2,1H3,(H,30,33). The minimum atomic E-state index is 0.0934. The SMILES string of the molecule is COc1ccccc1OCCCn1c(CCCNC(=O)CCc2ccccc2)nc2ccccc21. The largest absolute Gasteiger partial charge is 0.493 e. The summed E-state index contributed by atoms with van der Waals surface area (Å²) in [6, 6.07) is 26.0. The number of carbonyl (C=O) groups excluding carboxylic acids is 1. The highest BCUT2D eigenvalue weighted by atomic mass is 16.5. The topological polar surface area (TPSA) is 65.4 Å². The van der Waals surface area contributed by atoms with E-state index < -0.39 is 0 Å². The first-order valence-electron chi connectivity index (χ1n) is 12.2. The molecule has 35 heavy (non-hydrogen) atoms. The van der Waals surface area contributed by atoms with Crippen LogP contribution in [0.15, 0.2) is 78.9 Å². The number of aryl methyl sites for hydroxylation is 3. The number of aromatic nitrogens is 2. The number of ether oxygens (including phenoxy) is 2. The highest BCUT2D eigenvalue weighted by Crippen LogP contribution is 2.26. The highest BCUT2D eigenvalue weighted by molar-refractivity contribution is 5.76. The van der Waals surface area contributed by atoms with E-state index in [0.717, 1.165) is 60.6 Å². The van der Waals surface area contributed by atoms with Crippen LogP contribution in [0.4, 0.5) is 0 Å². The van der Waals surface area contributed by atoms with E-state index in [1.165, 1.54) is 5.56 Å². The molecule has 0 radical (unpaired) electrons. The van der Waals surface area contributed by atoms with Crippen molar-refractivity contribution in [2.24, 2.45) is 0 Å². The van der Waals surface area contributed by atoms with Crippen LogP contribution in [0, 0.1) is 0 Å². The molecule has 0 unspecified atom stereocenters. The molecule has 4 aromatic rings. The van der Waals surface area contributed by atoms with E-state index in [-0.39, 0.29) is 5.91 Å². The van der Waals surface area contributed by atoms with Gasteiger partial charge in [-0.15, -0.1) is 0 Å². The van der Waals surface area contributed by atoms with Gasteiger partial charge >= 0.3 is 0 Å². The van der Waals surface area contributed by atoms with Crippen LogP contribution in [0.2, 0.25) is 0 Å². The van der Waals surface area contributed by atoms with Gasteiger partial charge in [0.1, 0.15) is 5.82 Å². The minimum Gasteiger partial charge on any atom is -0.493 e. The van der Waals surface area contributed by atoms with Gasteiger partial charge in [0, 0.05) is 25.9 Å². The van der Waals surface area contributed by atoms with Crippen molar-refractivity contribution in [3.05, 3.63) is 90.3 Å². The summed E-state index contributed by atoms with van der Waals surface area (Å²) in [5.74, 6) is 2.64. The van der Waals surface area contributed by atoms with Crippen molar-refractivity contribution in [2.75, 3.05) is 20.3 Å². The number of fused-ring (bicyclic) bond motifs is 1. The van der Waals surface area contributed by atoms with E-state index in [1.54, 1.807) is 7.11 Å². The molecule has 0 saturated heterocycles. The van der Waals surface area contributed by atoms with Gasteiger partial charge in [0.15, 0.2) is 11.5 Å². The Kier molecular flexibility index (Phi) is 8.76. The number of hydrogen-bond acceptors (Lipinski definition) is 4. The molecule has 6 heteroatoms. The first-order valence-corrected chi connectivity index (χ1v) is 12.2. The summed E-state index contributed by atoms with van der Waals surface area (Å²) in [6.45, 7) is 2.05. The smallest absolute Gasteiger partial charge is 0.220 e. The van der Waals surface area contributed by atoms with Gasteiger partial charge in [-0.25, -0.2) is 4.98 Å². The van der Waals surface area contributed by atoms with Gasteiger partial charge in [0.2, 0.25) is 5.91 Å². The zero-order valence-corrected chi connectivity index (χ0v) is 20.3. The van der Waals surface area contributed by atoms with Crippen molar-refractivity contribution in [1.29, 1.82) is 0 Å². The third-order valence-corrected chi connectivity index (χ3v) is 5.97. The van der Waals surface area contributed by atoms with E-state index in [9.17, 15) is 4.79 Å². The molecule has 1 amide bonds. The Morgan fingerprint density at radius 2 is 1.63 bits per heavy atom. The Morgan fingerprint density at radius 3 is 2.46 bits per heavy atom. The third kappa shape index (κ3) is 6.85. The monoisotopic (exact) mass is 471 g/mol. The highest BCUT2D eigenvalue weighted by Gasteiger charge is 2.11. The lowest BCUT2D eigenvalue weighted by Crippen LogP contribution is -2.25. The van der Waals surface area contributed by atoms with Crippen molar-refractivity contribution in [1.82, 2.24) is 14.9 Å². The van der Waals surface area contributed by atoms with Gasteiger partial charge in [-0.05, 0) is 49.1 Å². The van der Waals surface area contributed by atoms with Crippen molar-refractivity contribution < 1.29 is 14.3 Å². The third-order valence-electron chi connectivity index (χ3n) is 5.97. The summed E-state index contributed by atoms with van der Waals surface area (Å²) in [4.78, 5) is 17.1. The molecule has 0 aliphatic heterocycles. The number of nitrogens with one attached hydrogen (secondary N) is 1. The van der Waals surface area contributed by atoms with Crippen LogP contribution in [-0.4, -0.2) is 35.7 Å². The molecular weight excluding hydrogens is 438 g/mol. The van der Waals surface area contributed by atoms with E-state index in [2.05, 4.69) is 28.1 Å². The Balaban J connectivity index is 1.27. The fourth-order valence-corrected chi connectivity index (χ4v) is 4.17. The normalized spacial score (nSPS) is 10.9. The molecule has 182 valence electrons. The molecule has 0 atom stereocenters. The quantitative estimate of drug-likeness (QED) is 0.272. The maximum atomic E-state index is 12.2.